The molecule has 2 amide bonds. The zero-order valence-corrected chi connectivity index (χ0v) is 17.5. The molecule has 9 nitrogen and oxygen atoms in total. The largest absolute Gasteiger partial charge is 0.368 e. The Bertz CT molecular complexity index is 768. The summed E-state index contributed by atoms with van der Waals surface area (Å²) in [6.45, 7) is 9.86. The Hall–Kier alpha value is -2.62. The zero-order valence-electron chi connectivity index (χ0n) is 16.7. The van der Waals surface area contributed by atoms with E-state index in [4.69, 9.17) is 0 Å². The van der Waals surface area contributed by atoms with Crippen molar-refractivity contribution in [3.63, 3.8) is 0 Å². The Kier molecular flexibility index (Phi) is 7.80. The van der Waals surface area contributed by atoms with Gasteiger partial charge in [0.25, 0.3) is 0 Å². The fourth-order valence-electron chi connectivity index (χ4n) is 2.41. The standard InChI is InChI=1S/C18H27N7O2S/c1-6-16(26)25(5)12(3)17(27)20-8-7-19-14-9-15(23-13(4)22-14)24-18-21-11(2)10-28-18/h6,9,11-12H,1,7-8,10H2,2-5H3,(H,20,27)(H2,19,21,22,23,24)/t11?,12-/m0/s1. The third kappa shape index (κ3) is 6.22. The van der Waals surface area contributed by atoms with Crippen LogP contribution in [0.5, 0.6) is 0 Å². The highest BCUT2D eigenvalue weighted by Crippen LogP contribution is 2.20. The third-order valence-corrected chi connectivity index (χ3v) is 5.21. The van der Waals surface area contributed by atoms with Crippen molar-refractivity contribution in [1.29, 1.82) is 0 Å². The van der Waals surface area contributed by atoms with Gasteiger partial charge in [-0.25, -0.2) is 9.97 Å². The van der Waals surface area contributed by atoms with Gasteiger partial charge in [-0.15, -0.1) is 0 Å². The number of hydrogen-bond donors (Lipinski definition) is 3. The third-order valence-electron chi connectivity index (χ3n) is 4.08. The van der Waals surface area contributed by atoms with Crippen LogP contribution in [0.1, 0.15) is 19.7 Å². The summed E-state index contributed by atoms with van der Waals surface area (Å²) in [5.41, 5.74) is 0. The van der Waals surface area contributed by atoms with Gasteiger partial charge in [0.15, 0.2) is 5.17 Å². The highest BCUT2D eigenvalue weighted by molar-refractivity contribution is 8.14. The second kappa shape index (κ2) is 10.1. The number of hydrogen-bond acceptors (Lipinski definition) is 8. The quantitative estimate of drug-likeness (QED) is 0.441. The van der Waals surface area contributed by atoms with Crippen molar-refractivity contribution in [3.05, 3.63) is 24.5 Å². The van der Waals surface area contributed by atoms with Crippen LogP contribution in [0.15, 0.2) is 23.7 Å². The molecule has 1 unspecified atom stereocenters. The Morgan fingerprint density at radius 2 is 2.11 bits per heavy atom. The fraction of sp³-hybridized carbons (Fsp3) is 0.500. The molecule has 0 aliphatic carbocycles. The lowest BCUT2D eigenvalue weighted by Crippen LogP contribution is -2.46. The second-order valence-corrected chi connectivity index (χ2v) is 7.46. The number of aliphatic imine (C=N–C) groups is 1. The van der Waals surface area contributed by atoms with E-state index in [1.54, 1.807) is 31.8 Å². The smallest absolute Gasteiger partial charge is 0.246 e. The average Bonchev–Trinajstić information content (AvgIpc) is 3.07. The minimum atomic E-state index is -0.574. The molecule has 1 aliphatic rings. The summed E-state index contributed by atoms with van der Waals surface area (Å²) in [7, 11) is 1.57. The predicted molar refractivity (Wildman–Crippen MR) is 114 cm³/mol. The molecule has 0 saturated heterocycles. The van der Waals surface area contributed by atoms with Crippen LogP contribution in [0.25, 0.3) is 0 Å². The van der Waals surface area contributed by atoms with Gasteiger partial charge in [0.05, 0.1) is 6.04 Å². The van der Waals surface area contributed by atoms with Crippen LogP contribution >= 0.6 is 11.8 Å². The van der Waals surface area contributed by atoms with Crippen LogP contribution in [-0.4, -0.2) is 69.8 Å². The van der Waals surface area contributed by atoms with Crippen LogP contribution in [0.2, 0.25) is 0 Å². The van der Waals surface area contributed by atoms with Crippen molar-refractivity contribution in [2.45, 2.75) is 32.9 Å². The van der Waals surface area contributed by atoms with E-state index in [0.717, 1.165) is 10.9 Å². The van der Waals surface area contributed by atoms with Gasteiger partial charge in [0.1, 0.15) is 23.5 Å². The maximum absolute atomic E-state index is 12.1. The first-order valence-electron chi connectivity index (χ1n) is 9.04. The molecule has 0 saturated carbocycles. The number of aromatic nitrogens is 2. The molecule has 0 spiro atoms. The van der Waals surface area contributed by atoms with Crippen LogP contribution in [-0.2, 0) is 9.59 Å². The predicted octanol–water partition coefficient (Wildman–Crippen LogP) is 1.25. The Morgan fingerprint density at radius 1 is 1.39 bits per heavy atom. The highest BCUT2D eigenvalue weighted by atomic mass is 32.2. The Balaban J connectivity index is 1.82. The normalized spacial score (nSPS) is 16.7. The van der Waals surface area contributed by atoms with E-state index in [0.29, 0.717) is 36.6 Å². The SMILES string of the molecule is C=CC(=O)N(C)[C@@H](C)C(=O)NCCNc1cc(NC2=NC(C)CS2)nc(C)n1. The van der Waals surface area contributed by atoms with Gasteiger partial charge in [-0.2, -0.15) is 0 Å². The van der Waals surface area contributed by atoms with E-state index >= 15 is 0 Å². The summed E-state index contributed by atoms with van der Waals surface area (Å²) in [4.78, 5) is 38.2. The maximum atomic E-state index is 12.1. The number of likely N-dealkylation sites (N-methyl/N-ethyl adjacent to an activating group) is 1. The van der Waals surface area contributed by atoms with Gasteiger partial charge in [0, 0.05) is 32.0 Å². The Labute approximate surface area is 169 Å². The molecule has 2 atom stereocenters. The molecule has 1 aliphatic heterocycles. The summed E-state index contributed by atoms with van der Waals surface area (Å²) in [6.07, 6.45) is 1.19. The average molecular weight is 406 g/mol. The molecular weight excluding hydrogens is 378 g/mol. The highest BCUT2D eigenvalue weighted by Gasteiger charge is 2.20. The maximum Gasteiger partial charge on any atom is 0.246 e. The number of anilines is 2. The number of thioether (sulfide) groups is 1. The minimum absolute atomic E-state index is 0.230. The van der Waals surface area contributed by atoms with E-state index in [1.807, 2.05) is 6.92 Å². The van der Waals surface area contributed by atoms with E-state index in [1.165, 1.54) is 11.0 Å². The van der Waals surface area contributed by atoms with Gasteiger partial charge in [0.2, 0.25) is 11.8 Å². The summed E-state index contributed by atoms with van der Waals surface area (Å²) < 4.78 is 0. The number of nitrogens with one attached hydrogen (secondary N) is 3. The van der Waals surface area contributed by atoms with E-state index in [2.05, 4.69) is 44.4 Å². The summed E-state index contributed by atoms with van der Waals surface area (Å²) in [5, 5.41) is 10.0. The molecule has 10 heteroatoms. The second-order valence-electron chi connectivity index (χ2n) is 6.45. The van der Waals surface area contributed by atoms with Crippen molar-refractivity contribution < 1.29 is 9.59 Å². The lowest BCUT2D eigenvalue weighted by molar-refractivity contribution is -0.134. The number of carbonyl (C=O) groups excluding carboxylic acids is 2. The number of aryl methyl sites for hydroxylation is 1. The molecule has 1 aromatic heterocycles. The summed E-state index contributed by atoms with van der Waals surface area (Å²) in [6, 6.07) is 1.54. The van der Waals surface area contributed by atoms with Crippen LogP contribution < -0.4 is 16.0 Å². The molecule has 1 aromatic rings. The van der Waals surface area contributed by atoms with Crippen LogP contribution in [0.3, 0.4) is 0 Å². The number of amides is 2. The minimum Gasteiger partial charge on any atom is -0.368 e. The lowest BCUT2D eigenvalue weighted by atomic mass is 10.2. The van der Waals surface area contributed by atoms with Gasteiger partial charge >= 0.3 is 0 Å². The fourth-order valence-corrected chi connectivity index (χ4v) is 3.31. The molecule has 152 valence electrons. The van der Waals surface area contributed by atoms with Gasteiger partial charge in [-0.3, -0.25) is 14.6 Å². The molecule has 2 rings (SSSR count). The molecule has 3 N–H and O–H groups in total. The molecule has 0 aromatic carbocycles. The molecule has 0 fully saturated rings. The topological polar surface area (TPSA) is 112 Å². The number of nitrogens with zero attached hydrogens (tertiary/aromatic N) is 4. The monoisotopic (exact) mass is 405 g/mol. The van der Waals surface area contributed by atoms with E-state index in [9.17, 15) is 9.59 Å². The lowest BCUT2D eigenvalue weighted by Gasteiger charge is -2.22. The van der Waals surface area contributed by atoms with Gasteiger partial charge < -0.3 is 20.9 Å². The first kappa shape index (κ1) is 21.7. The Morgan fingerprint density at radius 3 is 2.75 bits per heavy atom. The van der Waals surface area contributed by atoms with Crippen molar-refractivity contribution >= 4 is 40.4 Å². The van der Waals surface area contributed by atoms with E-state index < -0.39 is 6.04 Å². The first-order chi connectivity index (χ1) is 13.3. The van der Waals surface area contributed by atoms with Crippen molar-refractivity contribution in [2.75, 3.05) is 36.5 Å². The summed E-state index contributed by atoms with van der Waals surface area (Å²) >= 11 is 1.67. The molecule has 0 bridgehead atoms. The van der Waals surface area contributed by atoms with Crippen molar-refractivity contribution in [2.24, 2.45) is 4.99 Å². The molecule has 28 heavy (non-hydrogen) atoms. The number of rotatable bonds is 8. The van der Waals surface area contributed by atoms with Crippen LogP contribution in [0, 0.1) is 6.92 Å². The number of carbonyl (C=O) groups is 2. The van der Waals surface area contributed by atoms with Crippen LogP contribution in [0.4, 0.5) is 11.6 Å². The van der Waals surface area contributed by atoms with E-state index in [-0.39, 0.29) is 11.8 Å². The zero-order chi connectivity index (χ0) is 20.7. The first-order valence-corrected chi connectivity index (χ1v) is 10.0. The summed E-state index contributed by atoms with van der Waals surface area (Å²) in [5.74, 6) is 2.41. The van der Waals surface area contributed by atoms with Gasteiger partial charge in [-0.1, -0.05) is 18.3 Å². The van der Waals surface area contributed by atoms with Crippen molar-refractivity contribution in [1.82, 2.24) is 20.2 Å². The molecule has 2 heterocycles. The molecular formula is C18H27N7O2S. The van der Waals surface area contributed by atoms with Gasteiger partial charge in [-0.05, 0) is 26.8 Å². The number of amidine groups is 1. The molecule has 0 radical (unpaired) electrons. The van der Waals surface area contributed by atoms with Crippen molar-refractivity contribution in [3.8, 4) is 0 Å².